The van der Waals surface area contributed by atoms with Gasteiger partial charge in [-0.15, -0.1) is 0 Å². The molecule has 2 rings (SSSR count). The van der Waals surface area contributed by atoms with Gasteiger partial charge >= 0.3 is 11.9 Å². The molecule has 0 fully saturated rings. The Bertz CT molecular complexity index is 842. The van der Waals surface area contributed by atoms with Crippen LogP contribution < -0.4 is 5.32 Å². The third kappa shape index (κ3) is 5.42. The first kappa shape index (κ1) is 21.2. The molecule has 0 saturated carbocycles. The number of benzene rings is 2. The lowest BCUT2D eigenvalue weighted by atomic mass is 10.0. The van der Waals surface area contributed by atoms with Crippen LogP contribution in [0, 0.1) is 12.8 Å². The molecule has 0 aliphatic heterocycles. The van der Waals surface area contributed by atoms with Crippen molar-refractivity contribution < 1.29 is 23.9 Å². The number of hydrogen-bond donors (Lipinski definition) is 1. The number of hydrogen-bond acceptors (Lipinski definition) is 5. The van der Waals surface area contributed by atoms with Crippen molar-refractivity contribution in [2.45, 2.75) is 33.4 Å². The van der Waals surface area contributed by atoms with Crippen LogP contribution in [0.25, 0.3) is 0 Å². The summed E-state index contributed by atoms with van der Waals surface area (Å²) in [7, 11) is 1.31. The molecule has 148 valence electrons. The topological polar surface area (TPSA) is 81.7 Å². The minimum Gasteiger partial charge on any atom is -0.465 e. The van der Waals surface area contributed by atoms with Gasteiger partial charge in [0.2, 0.25) is 0 Å². The van der Waals surface area contributed by atoms with Gasteiger partial charge < -0.3 is 14.8 Å². The average molecular weight is 383 g/mol. The predicted octanol–water partition coefficient (Wildman–Crippen LogP) is 3.28. The molecule has 1 amide bonds. The molecule has 2 aromatic rings. The number of amides is 1. The monoisotopic (exact) mass is 383 g/mol. The van der Waals surface area contributed by atoms with Crippen LogP contribution in [-0.4, -0.2) is 31.0 Å². The molecule has 0 spiro atoms. The molecule has 0 unspecified atom stereocenters. The van der Waals surface area contributed by atoms with E-state index in [1.165, 1.54) is 7.11 Å². The first-order valence-corrected chi connectivity index (χ1v) is 9.04. The summed E-state index contributed by atoms with van der Waals surface area (Å²) in [5, 5.41) is 2.77. The highest BCUT2D eigenvalue weighted by Gasteiger charge is 2.26. The van der Waals surface area contributed by atoms with Crippen LogP contribution in [0.3, 0.4) is 0 Å². The van der Waals surface area contributed by atoms with Crippen LogP contribution in [0.5, 0.6) is 0 Å². The maximum absolute atomic E-state index is 12.5. The van der Waals surface area contributed by atoms with Crippen LogP contribution in [0.1, 0.15) is 45.7 Å². The smallest absolute Gasteiger partial charge is 0.337 e. The molecule has 0 aliphatic rings. The summed E-state index contributed by atoms with van der Waals surface area (Å²) >= 11 is 0. The average Bonchev–Trinajstić information content (AvgIpc) is 2.69. The van der Waals surface area contributed by atoms with E-state index in [9.17, 15) is 14.4 Å². The fraction of sp³-hybridized carbons (Fsp3) is 0.318. The summed E-state index contributed by atoms with van der Waals surface area (Å²) in [6.45, 7) is 5.57. The Morgan fingerprint density at radius 2 is 1.64 bits per heavy atom. The zero-order valence-electron chi connectivity index (χ0n) is 16.5. The van der Waals surface area contributed by atoms with Crippen molar-refractivity contribution in [2.24, 2.45) is 5.92 Å². The van der Waals surface area contributed by atoms with Crippen molar-refractivity contribution in [2.75, 3.05) is 7.11 Å². The fourth-order valence-electron chi connectivity index (χ4n) is 2.64. The van der Waals surface area contributed by atoms with Gasteiger partial charge in [-0.25, -0.2) is 9.59 Å². The number of carbonyl (C=O) groups is 3. The molecular weight excluding hydrogens is 358 g/mol. The van der Waals surface area contributed by atoms with Gasteiger partial charge in [0.15, 0.2) is 0 Å². The lowest BCUT2D eigenvalue weighted by Crippen LogP contribution is -2.45. The van der Waals surface area contributed by atoms with E-state index in [0.717, 1.165) is 11.1 Å². The maximum Gasteiger partial charge on any atom is 0.337 e. The lowest BCUT2D eigenvalue weighted by Gasteiger charge is -2.21. The highest BCUT2D eigenvalue weighted by atomic mass is 16.5. The van der Waals surface area contributed by atoms with Crippen LogP contribution >= 0.6 is 0 Å². The van der Waals surface area contributed by atoms with E-state index < -0.39 is 18.0 Å². The number of rotatable bonds is 7. The van der Waals surface area contributed by atoms with E-state index in [2.05, 4.69) is 10.1 Å². The Morgan fingerprint density at radius 3 is 2.21 bits per heavy atom. The van der Waals surface area contributed by atoms with Gasteiger partial charge in [0.05, 0.1) is 12.7 Å². The molecule has 0 aromatic heterocycles. The molecule has 6 heteroatoms. The minimum atomic E-state index is -0.763. The zero-order valence-corrected chi connectivity index (χ0v) is 16.5. The summed E-state index contributed by atoms with van der Waals surface area (Å²) < 4.78 is 10.0. The number of esters is 2. The summed E-state index contributed by atoms with van der Waals surface area (Å²) in [5.74, 6) is -1.38. The molecule has 0 radical (unpaired) electrons. The van der Waals surface area contributed by atoms with Crippen LogP contribution in [0.2, 0.25) is 0 Å². The summed E-state index contributed by atoms with van der Waals surface area (Å²) in [6, 6.07) is 13.0. The van der Waals surface area contributed by atoms with E-state index >= 15 is 0 Å². The fourth-order valence-corrected chi connectivity index (χ4v) is 2.64. The van der Waals surface area contributed by atoms with E-state index in [4.69, 9.17) is 4.74 Å². The number of carbonyl (C=O) groups excluding carboxylic acids is 3. The third-order valence-corrected chi connectivity index (χ3v) is 4.35. The molecule has 0 bridgehead atoms. The second kappa shape index (κ2) is 9.69. The molecule has 1 atom stereocenters. The molecule has 2 aromatic carbocycles. The Kier molecular flexibility index (Phi) is 7.32. The van der Waals surface area contributed by atoms with Crippen molar-refractivity contribution in [1.29, 1.82) is 0 Å². The first-order chi connectivity index (χ1) is 13.3. The van der Waals surface area contributed by atoms with Gasteiger partial charge in [-0.05, 0) is 42.2 Å². The quantitative estimate of drug-likeness (QED) is 0.742. The highest BCUT2D eigenvalue weighted by Crippen LogP contribution is 2.12. The Balaban J connectivity index is 2.00. The van der Waals surface area contributed by atoms with Crippen molar-refractivity contribution in [3.05, 3.63) is 70.8 Å². The van der Waals surface area contributed by atoms with Crippen LogP contribution in [0.15, 0.2) is 48.5 Å². The van der Waals surface area contributed by atoms with Crippen molar-refractivity contribution in [3.8, 4) is 0 Å². The molecule has 1 N–H and O–H groups in total. The van der Waals surface area contributed by atoms with E-state index in [1.807, 2.05) is 32.9 Å². The van der Waals surface area contributed by atoms with Crippen LogP contribution in [-0.2, 0) is 20.9 Å². The highest BCUT2D eigenvalue weighted by molar-refractivity contribution is 5.98. The second-order valence-electron chi connectivity index (χ2n) is 6.81. The first-order valence-electron chi connectivity index (χ1n) is 9.04. The maximum atomic E-state index is 12.5. The molecule has 6 nitrogen and oxygen atoms in total. The van der Waals surface area contributed by atoms with Gasteiger partial charge in [-0.2, -0.15) is 0 Å². The number of aryl methyl sites for hydroxylation is 1. The standard InChI is InChI=1S/C22H25NO5/c1-14(2)19(23-20(24)18-8-6-5-7-15(18)3)22(26)28-13-16-9-11-17(12-10-16)21(25)27-4/h5-12,14,19H,13H2,1-4H3,(H,23,24)/t19-/m0/s1. The Morgan fingerprint density at radius 1 is 1.00 bits per heavy atom. The normalized spacial score (nSPS) is 11.6. The molecule has 0 saturated heterocycles. The Labute approximate surface area is 164 Å². The van der Waals surface area contributed by atoms with E-state index in [-0.39, 0.29) is 18.4 Å². The van der Waals surface area contributed by atoms with Gasteiger partial charge in [0.1, 0.15) is 12.6 Å². The third-order valence-electron chi connectivity index (χ3n) is 4.35. The molecule has 0 heterocycles. The van der Waals surface area contributed by atoms with Gasteiger partial charge in [0.25, 0.3) is 5.91 Å². The minimum absolute atomic E-state index is 0.0454. The van der Waals surface area contributed by atoms with Gasteiger partial charge in [-0.3, -0.25) is 4.79 Å². The van der Waals surface area contributed by atoms with Crippen LogP contribution in [0.4, 0.5) is 0 Å². The number of nitrogens with one attached hydrogen (secondary N) is 1. The second-order valence-corrected chi connectivity index (χ2v) is 6.81. The van der Waals surface area contributed by atoms with E-state index in [1.54, 1.807) is 36.4 Å². The Hall–Kier alpha value is -3.15. The lowest BCUT2D eigenvalue weighted by molar-refractivity contribution is -0.148. The van der Waals surface area contributed by atoms with Crippen molar-refractivity contribution in [3.63, 3.8) is 0 Å². The SMILES string of the molecule is COC(=O)c1ccc(COC(=O)[C@@H](NC(=O)c2ccccc2C)C(C)C)cc1. The predicted molar refractivity (Wildman–Crippen MR) is 105 cm³/mol. The van der Waals surface area contributed by atoms with Crippen molar-refractivity contribution >= 4 is 17.8 Å². The molecule has 28 heavy (non-hydrogen) atoms. The summed E-state index contributed by atoms with van der Waals surface area (Å²) in [4.78, 5) is 36.5. The van der Waals surface area contributed by atoms with Gasteiger partial charge in [0, 0.05) is 5.56 Å². The number of ether oxygens (including phenoxy) is 2. The summed E-state index contributed by atoms with van der Waals surface area (Å²) in [5.41, 5.74) is 2.51. The largest absolute Gasteiger partial charge is 0.465 e. The number of methoxy groups -OCH3 is 1. The summed E-state index contributed by atoms with van der Waals surface area (Å²) in [6.07, 6.45) is 0. The van der Waals surface area contributed by atoms with Gasteiger partial charge in [-0.1, -0.05) is 44.2 Å². The molecular formula is C22H25NO5. The van der Waals surface area contributed by atoms with Crippen molar-refractivity contribution in [1.82, 2.24) is 5.32 Å². The van der Waals surface area contributed by atoms with E-state index in [0.29, 0.717) is 11.1 Å². The zero-order chi connectivity index (χ0) is 20.7. The molecule has 0 aliphatic carbocycles.